The van der Waals surface area contributed by atoms with Crippen molar-refractivity contribution in [2.45, 2.75) is 38.5 Å². The van der Waals surface area contributed by atoms with Gasteiger partial charge in [0.2, 0.25) is 11.8 Å². The summed E-state index contributed by atoms with van der Waals surface area (Å²) in [6, 6.07) is 14.1. The summed E-state index contributed by atoms with van der Waals surface area (Å²) in [7, 11) is 0. The molecule has 0 saturated heterocycles. The van der Waals surface area contributed by atoms with Gasteiger partial charge in [0.25, 0.3) is 5.91 Å². The highest BCUT2D eigenvalue weighted by atomic mass is 16.5. The van der Waals surface area contributed by atoms with Gasteiger partial charge in [0.1, 0.15) is 6.04 Å². The molecule has 1 atom stereocenters. The molecule has 3 rings (SSSR count). The lowest BCUT2D eigenvalue weighted by atomic mass is 10.1. The number of fused-ring (bicyclic) bond motifs is 1. The summed E-state index contributed by atoms with van der Waals surface area (Å²) in [4.78, 5) is 24.8. The van der Waals surface area contributed by atoms with Gasteiger partial charge < -0.3 is 30.9 Å². The van der Waals surface area contributed by atoms with E-state index in [0.717, 1.165) is 5.56 Å². The van der Waals surface area contributed by atoms with Crippen LogP contribution in [0.4, 0.5) is 0 Å². The van der Waals surface area contributed by atoms with Crippen molar-refractivity contribution < 1.29 is 24.2 Å². The first-order valence-electron chi connectivity index (χ1n) is 11.4. The number of carbonyl (C=O) groups excluding carboxylic acids is 2. The molecule has 1 aromatic carbocycles. The molecule has 188 valence electrons. The lowest BCUT2D eigenvalue weighted by Gasteiger charge is -2.24. The van der Waals surface area contributed by atoms with Gasteiger partial charge in [-0.2, -0.15) is 0 Å². The maximum Gasteiger partial charge on any atom is 0.258 e. The fourth-order valence-electron chi connectivity index (χ4n) is 3.16. The molecular formula is C24H32N6O5. The van der Waals surface area contributed by atoms with E-state index in [9.17, 15) is 9.59 Å². The Kier molecular flexibility index (Phi) is 9.12. The van der Waals surface area contributed by atoms with Gasteiger partial charge in [-0.05, 0) is 38.0 Å². The number of ether oxygens (including phenoxy) is 2. The standard InChI is InChI=1S/C24H32N6O5/c1-24(2,25)23(33)27-18(15-34-14-17-8-4-3-5-9-17)22-29-28-19-10-6-11-21(30(19)22)35-16-20(32)26-12-7-13-31/h3-6,8-11,18,31H,7,12-16,25H2,1-2H3,(H,26,32)(H,27,33)/t18-/m1/s1. The zero-order valence-corrected chi connectivity index (χ0v) is 19.9. The first-order chi connectivity index (χ1) is 16.8. The lowest BCUT2D eigenvalue weighted by Crippen LogP contribution is -2.51. The Bertz CT molecular complexity index is 1110. The molecule has 0 spiro atoms. The average Bonchev–Trinajstić information content (AvgIpc) is 3.27. The van der Waals surface area contributed by atoms with Crippen molar-refractivity contribution in [3.63, 3.8) is 0 Å². The van der Waals surface area contributed by atoms with Crippen molar-refractivity contribution in [2.75, 3.05) is 26.4 Å². The number of nitrogens with one attached hydrogen (secondary N) is 2. The molecule has 0 unspecified atom stereocenters. The Hall–Kier alpha value is -3.54. The summed E-state index contributed by atoms with van der Waals surface area (Å²) in [5.41, 5.74) is 6.34. The van der Waals surface area contributed by atoms with Gasteiger partial charge in [-0.25, -0.2) is 4.40 Å². The number of carbonyl (C=O) groups is 2. The van der Waals surface area contributed by atoms with Crippen molar-refractivity contribution in [3.05, 3.63) is 59.9 Å². The van der Waals surface area contributed by atoms with Crippen LogP contribution in [-0.2, 0) is 20.9 Å². The van der Waals surface area contributed by atoms with Crippen LogP contribution in [0, 0.1) is 0 Å². The maximum atomic E-state index is 12.7. The van der Waals surface area contributed by atoms with E-state index in [2.05, 4.69) is 20.8 Å². The normalized spacial score (nSPS) is 12.3. The molecule has 0 radical (unpaired) electrons. The van der Waals surface area contributed by atoms with Crippen molar-refractivity contribution in [1.29, 1.82) is 0 Å². The first kappa shape index (κ1) is 26.1. The molecule has 5 N–H and O–H groups in total. The second kappa shape index (κ2) is 12.2. The molecule has 2 heterocycles. The SMILES string of the molecule is CC(C)(N)C(=O)N[C@H](COCc1ccccc1)c1nnc2cccc(OCC(=O)NCCCO)n12. The molecule has 0 aliphatic rings. The molecule has 2 aromatic heterocycles. The number of pyridine rings is 1. The van der Waals surface area contributed by atoms with Crippen LogP contribution in [0.15, 0.2) is 48.5 Å². The van der Waals surface area contributed by atoms with Crippen LogP contribution in [0.1, 0.15) is 37.7 Å². The summed E-state index contributed by atoms with van der Waals surface area (Å²) in [5.74, 6) is -0.00805. The molecule has 0 aliphatic heterocycles. The Morgan fingerprint density at radius 3 is 2.63 bits per heavy atom. The Labute approximate surface area is 203 Å². The Morgan fingerprint density at radius 2 is 1.91 bits per heavy atom. The first-order valence-corrected chi connectivity index (χ1v) is 11.4. The van der Waals surface area contributed by atoms with Crippen molar-refractivity contribution in [2.24, 2.45) is 5.73 Å². The van der Waals surface area contributed by atoms with E-state index in [4.69, 9.17) is 20.3 Å². The van der Waals surface area contributed by atoms with Crippen LogP contribution in [-0.4, -0.2) is 63.4 Å². The second-order valence-corrected chi connectivity index (χ2v) is 8.58. The molecule has 2 amide bonds. The highest BCUT2D eigenvalue weighted by Crippen LogP contribution is 2.21. The van der Waals surface area contributed by atoms with Gasteiger partial charge >= 0.3 is 0 Å². The molecular weight excluding hydrogens is 452 g/mol. The number of nitrogens with zero attached hydrogens (tertiary/aromatic N) is 3. The van der Waals surface area contributed by atoms with Gasteiger partial charge in [-0.15, -0.1) is 10.2 Å². The molecule has 0 fully saturated rings. The van der Waals surface area contributed by atoms with E-state index in [1.54, 1.807) is 36.4 Å². The minimum atomic E-state index is -1.12. The summed E-state index contributed by atoms with van der Waals surface area (Å²) in [6.07, 6.45) is 0.457. The Morgan fingerprint density at radius 1 is 1.14 bits per heavy atom. The zero-order chi connectivity index (χ0) is 25.3. The fraction of sp³-hybridized carbons (Fsp3) is 0.417. The monoisotopic (exact) mass is 484 g/mol. The van der Waals surface area contributed by atoms with Crippen molar-refractivity contribution in [1.82, 2.24) is 25.2 Å². The lowest BCUT2D eigenvalue weighted by molar-refractivity contribution is -0.126. The number of hydrogen-bond donors (Lipinski definition) is 4. The molecule has 11 heteroatoms. The third-order valence-electron chi connectivity index (χ3n) is 5.02. The molecule has 0 aliphatic carbocycles. The minimum absolute atomic E-state index is 0.0103. The number of nitrogens with two attached hydrogens (primary N) is 1. The van der Waals surface area contributed by atoms with Crippen LogP contribution in [0.25, 0.3) is 5.65 Å². The van der Waals surface area contributed by atoms with Crippen LogP contribution in [0.3, 0.4) is 0 Å². The topological polar surface area (TPSA) is 153 Å². The van der Waals surface area contributed by atoms with E-state index >= 15 is 0 Å². The quantitative estimate of drug-likeness (QED) is 0.259. The largest absolute Gasteiger partial charge is 0.468 e. The third kappa shape index (κ3) is 7.47. The number of aromatic nitrogens is 3. The minimum Gasteiger partial charge on any atom is -0.468 e. The predicted molar refractivity (Wildman–Crippen MR) is 128 cm³/mol. The van der Waals surface area contributed by atoms with Gasteiger partial charge in [-0.3, -0.25) is 9.59 Å². The van der Waals surface area contributed by atoms with Crippen molar-refractivity contribution >= 4 is 17.5 Å². The average molecular weight is 485 g/mol. The molecule has 11 nitrogen and oxygen atoms in total. The van der Waals surface area contributed by atoms with Gasteiger partial charge in [0.05, 0.1) is 18.8 Å². The predicted octanol–water partition coefficient (Wildman–Crippen LogP) is 0.718. The number of aliphatic hydroxyl groups is 1. The zero-order valence-electron chi connectivity index (χ0n) is 19.9. The summed E-state index contributed by atoms with van der Waals surface area (Å²) in [6.45, 7) is 3.76. The van der Waals surface area contributed by atoms with Crippen LogP contribution < -0.4 is 21.1 Å². The smallest absolute Gasteiger partial charge is 0.258 e. The number of rotatable bonds is 13. The van der Waals surface area contributed by atoms with E-state index in [1.807, 2.05) is 30.3 Å². The van der Waals surface area contributed by atoms with Crippen molar-refractivity contribution in [3.8, 4) is 5.88 Å². The van der Waals surface area contributed by atoms with Crippen LogP contribution >= 0.6 is 0 Å². The van der Waals surface area contributed by atoms with Gasteiger partial charge in [0, 0.05) is 13.2 Å². The molecule has 35 heavy (non-hydrogen) atoms. The van der Waals surface area contributed by atoms with E-state index in [-0.39, 0.29) is 31.6 Å². The summed E-state index contributed by atoms with van der Waals surface area (Å²) < 4.78 is 13.3. The van der Waals surface area contributed by atoms with Gasteiger partial charge in [0.15, 0.2) is 18.1 Å². The van der Waals surface area contributed by atoms with E-state index in [1.165, 1.54) is 0 Å². The molecule has 3 aromatic rings. The highest BCUT2D eigenvalue weighted by molar-refractivity contribution is 5.85. The summed E-state index contributed by atoms with van der Waals surface area (Å²) >= 11 is 0. The third-order valence-corrected chi connectivity index (χ3v) is 5.02. The second-order valence-electron chi connectivity index (χ2n) is 8.58. The maximum absolute atomic E-state index is 12.7. The van der Waals surface area contributed by atoms with Crippen LogP contribution in [0.5, 0.6) is 5.88 Å². The summed E-state index contributed by atoms with van der Waals surface area (Å²) in [5, 5.41) is 22.9. The molecule has 0 saturated carbocycles. The van der Waals surface area contributed by atoms with Crippen LogP contribution in [0.2, 0.25) is 0 Å². The van der Waals surface area contributed by atoms with E-state index < -0.39 is 11.6 Å². The van der Waals surface area contributed by atoms with Gasteiger partial charge in [-0.1, -0.05) is 36.4 Å². The number of benzene rings is 1. The number of aliphatic hydroxyl groups excluding tert-OH is 1. The number of hydrogen-bond acceptors (Lipinski definition) is 8. The highest BCUT2D eigenvalue weighted by Gasteiger charge is 2.28. The Balaban J connectivity index is 1.81. The number of amides is 2. The molecule has 0 bridgehead atoms. The van der Waals surface area contributed by atoms with E-state index in [0.29, 0.717) is 36.9 Å². The fourth-order valence-corrected chi connectivity index (χ4v) is 3.16.